The minimum atomic E-state index is -0.295. The zero-order chi connectivity index (χ0) is 11.5. The predicted octanol–water partition coefficient (Wildman–Crippen LogP) is 3.92. The summed E-state index contributed by atoms with van der Waals surface area (Å²) in [5.41, 5.74) is -0.0190. The maximum absolute atomic E-state index is 12.9. The van der Waals surface area contributed by atoms with E-state index in [0.717, 1.165) is 10.2 Å². The van der Waals surface area contributed by atoms with Crippen LogP contribution in [0, 0.1) is 11.2 Å². The lowest BCUT2D eigenvalue weighted by atomic mass is 9.98. The van der Waals surface area contributed by atoms with Gasteiger partial charge in [0.25, 0.3) is 0 Å². The molecule has 0 N–H and O–H groups in total. The van der Waals surface area contributed by atoms with Crippen molar-refractivity contribution in [2.24, 2.45) is 5.41 Å². The number of rotatable bonds is 4. The van der Waals surface area contributed by atoms with Gasteiger partial charge in [-0.25, -0.2) is 4.39 Å². The van der Waals surface area contributed by atoms with Crippen LogP contribution in [0.15, 0.2) is 22.7 Å². The van der Waals surface area contributed by atoms with Gasteiger partial charge in [0.05, 0.1) is 11.1 Å². The third-order valence-corrected chi connectivity index (χ3v) is 3.45. The molecule has 0 aliphatic rings. The molecule has 0 heterocycles. The number of thiol groups is 1. The number of halogens is 2. The molecule has 0 saturated carbocycles. The molecule has 1 aromatic rings. The number of ether oxygens (including phenoxy) is 1. The quantitative estimate of drug-likeness (QED) is 0.828. The van der Waals surface area contributed by atoms with E-state index in [4.69, 9.17) is 4.74 Å². The Bertz CT molecular complexity index is 341. The third kappa shape index (κ3) is 4.03. The molecule has 4 heteroatoms. The van der Waals surface area contributed by atoms with Crippen LogP contribution in [-0.4, -0.2) is 12.4 Å². The summed E-state index contributed by atoms with van der Waals surface area (Å²) in [6.07, 6.45) is 0. The van der Waals surface area contributed by atoms with Gasteiger partial charge in [0, 0.05) is 11.5 Å². The van der Waals surface area contributed by atoms with E-state index in [1.165, 1.54) is 12.1 Å². The summed E-state index contributed by atoms with van der Waals surface area (Å²) in [7, 11) is 0. The highest BCUT2D eigenvalue weighted by atomic mass is 79.9. The van der Waals surface area contributed by atoms with Gasteiger partial charge in [-0.3, -0.25) is 0 Å². The van der Waals surface area contributed by atoms with Gasteiger partial charge in [-0.2, -0.15) is 12.6 Å². The van der Waals surface area contributed by atoms with Crippen LogP contribution in [0.4, 0.5) is 4.39 Å². The smallest absolute Gasteiger partial charge is 0.136 e. The van der Waals surface area contributed by atoms with Crippen LogP contribution in [0.2, 0.25) is 0 Å². The molecule has 0 aromatic heterocycles. The van der Waals surface area contributed by atoms with Crippen molar-refractivity contribution in [3.05, 3.63) is 28.5 Å². The lowest BCUT2D eigenvalue weighted by Gasteiger charge is -2.22. The minimum Gasteiger partial charge on any atom is -0.492 e. The maximum Gasteiger partial charge on any atom is 0.136 e. The molecule has 0 unspecified atom stereocenters. The van der Waals surface area contributed by atoms with Crippen molar-refractivity contribution in [1.29, 1.82) is 0 Å². The maximum atomic E-state index is 12.9. The van der Waals surface area contributed by atoms with E-state index in [1.54, 1.807) is 6.07 Å². The molecule has 0 aliphatic heterocycles. The summed E-state index contributed by atoms with van der Waals surface area (Å²) in [4.78, 5) is 0. The van der Waals surface area contributed by atoms with Gasteiger partial charge in [0.2, 0.25) is 0 Å². The average Bonchev–Trinajstić information content (AvgIpc) is 2.20. The van der Waals surface area contributed by atoms with Gasteiger partial charge in [0.1, 0.15) is 11.6 Å². The Morgan fingerprint density at radius 2 is 2.13 bits per heavy atom. The Kier molecular flexibility index (Phi) is 4.46. The fourth-order valence-corrected chi connectivity index (χ4v) is 1.36. The number of hydrogen-bond acceptors (Lipinski definition) is 2. The Hall–Kier alpha value is -0.220. The van der Waals surface area contributed by atoms with Gasteiger partial charge in [-0.05, 0) is 33.8 Å². The first-order valence-corrected chi connectivity index (χ1v) is 6.06. The van der Waals surface area contributed by atoms with Crippen molar-refractivity contribution in [3.63, 3.8) is 0 Å². The van der Waals surface area contributed by atoms with E-state index in [2.05, 4.69) is 28.6 Å². The minimum absolute atomic E-state index is 0.0190. The zero-order valence-corrected chi connectivity index (χ0v) is 11.2. The van der Waals surface area contributed by atoms with Crippen LogP contribution in [-0.2, 0) is 0 Å². The second kappa shape index (κ2) is 5.21. The van der Waals surface area contributed by atoms with Crippen LogP contribution in [0.5, 0.6) is 5.75 Å². The van der Waals surface area contributed by atoms with E-state index in [1.807, 2.05) is 13.8 Å². The fourth-order valence-electron chi connectivity index (χ4n) is 0.907. The molecule has 0 amide bonds. The highest BCUT2D eigenvalue weighted by molar-refractivity contribution is 9.10. The van der Waals surface area contributed by atoms with E-state index in [-0.39, 0.29) is 11.2 Å². The Labute approximate surface area is 104 Å². The van der Waals surface area contributed by atoms with E-state index < -0.39 is 0 Å². The first kappa shape index (κ1) is 12.8. The molecule has 84 valence electrons. The van der Waals surface area contributed by atoms with Crippen molar-refractivity contribution < 1.29 is 9.13 Å². The largest absolute Gasteiger partial charge is 0.492 e. The summed E-state index contributed by atoms with van der Waals surface area (Å²) < 4.78 is 19.2. The molecule has 0 fully saturated rings. The fraction of sp³-hybridized carbons (Fsp3) is 0.455. The van der Waals surface area contributed by atoms with Gasteiger partial charge < -0.3 is 4.74 Å². The van der Waals surface area contributed by atoms with E-state index in [9.17, 15) is 4.39 Å². The van der Waals surface area contributed by atoms with Crippen molar-refractivity contribution in [2.45, 2.75) is 13.8 Å². The Balaban J connectivity index is 2.69. The van der Waals surface area contributed by atoms with Crippen LogP contribution < -0.4 is 4.74 Å². The molecule has 1 rings (SSSR count). The molecule has 0 saturated heterocycles. The average molecular weight is 293 g/mol. The van der Waals surface area contributed by atoms with Crippen molar-refractivity contribution in [1.82, 2.24) is 0 Å². The summed E-state index contributed by atoms with van der Waals surface area (Å²) in [6, 6.07) is 4.40. The Morgan fingerprint density at radius 1 is 1.47 bits per heavy atom. The molecule has 0 atom stereocenters. The highest BCUT2D eigenvalue weighted by Gasteiger charge is 2.17. The molecule has 1 aromatic carbocycles. The lowest BCUT2D eigenvalue weighted by Crippen LogP contribution is -2.23. The molecular weight excluding hydrogens is 279 g/mol. The summed E-state index contributed by atoms with van der Waals surface area (Å²) in [5, 5.41) is 0. The van der Waals surface area contributed by atoms with Gasteiger partial charge in [-0.15, -0.1) is 0 Å². The highest BCUT2D eigenvalue weighted by Crippen LogP contribution is 2.27. The molecule has 15 heavy (non-hydrogen) atoms. The normalized spacial score (nSPS) is 11.5. The standard InChI is InChI=1S/C11H14BrFOS/c1-11(2,7-15)6-14-10-5-8(13)3-4-9(10)12/h3-5,15H,6-7H2,1-2H3. The first-order chi connectivity index (χ1) is 6.94. The van der Waals surface area contributed by atoms with Gasteiger partial charge in [0.15, 0.2) is 0 Å². The molecular formula is C11H14BrFOS. The number of benzene rings is 1. The van der Waals surface area contributed by atoms with Crippen LogP contribution in [0.1, 0.15) is 13.8 Å². The Morgan fingerprint density at radius 3 is 2.73 bits per heavy atom. The van der Waals surface area contributed by atoms with E-state index >= 15 is 0 Å². The summed E-state index contributed by atoms with van der Waals surface area (Å²) in [5.74, 6) is 0.960. The predicted molar refractivity (Wildman–Crippen MR) is 67.2 cm³/mol. The van der Waals surface area contributed by atoms with Crippen LogP contribution in [0.25, 0.3) is 0 Å². The van der Waals surface area contributed by atoms with E-state index in [0.29, 0.717) is 12.4 Å². The topological polar surface area (TPSA) is 9.23 Å². The number of hydrogen-bond donors (Lipinski definition) is 1. The van der Waals surface area contributed by atoms with Crippen molar-refractivity contribution in [3.8, 4) is 5.75 Å². The van der Waals surface area contributed by atoms with Crippen LogP contribution in [0.3, 0.4) is 0 Å². The van der Waals surface area contributed by atoms with Crippen molar-refractivity contribution in [2.75, 3.05) is 12.4 Å². The van der Waals surface area contributed by atoms with Crippen molar-refractivity contribution >= 4 is 28.6 Å². The monoisotopic (exact) mass is 292 g/mol. The first-order valence-electron chi connectivity index (χ1n) is 4.63. The SMILES string of the molecule is CC(C)(CS)COc1cc(F)ccc1Br. The zero-order valence-electron chi connectivity index (χ0n) is 8.76. The lowest BCUT2D eigenvalue weighted by molar-refractivity contribution is 0.200. The summed E-state index contributed by atoms with van der Waals surface area (Å²) >= 11 is 7.54. The molecule has 0 radical (unpaired) electrons. The molecule has 0 bridgehead atoms. The molecule has 0 spiro atoms. The second-order valence-electron chi connectivity index (χ2n) is 4.19. The van der Waals surface area contributed by atoms with Gasteiger partial charge in [-0.1, -0.05) is 13.8 Å². The summed E-state index contributed by atoms with van der Waals surface area (Å²) in [6.45, 7) is 4.61. The second-order valence-corrected chi connectivity index (χ2v) is 5.36. The third-order valence-electron chi connectivity index (χ3n) is 1.94. The molecule has 0 aliphatic carbocycles. The molecule has 1 nitrogen and oxygen atoms in total. The van der Waals surface area contributed by atoms with Gasteiger partial charge >= 0.3 is 0 Å². The van der Waals surface area contributed by atoms with Crippen LogP contribution >= 0.6 is 28.6 Å².